The van der Waals surface area contributed by atoms with E-state index < -0.39 is 11.7 Å². The van der Waals surface area contributed by atoms with E-state index in [2.05, 4.69) is 22.1 Å². The van der Waals surface area contributed by atoms with Crippen molar-refractivity contribution in [2.45, 2.75) is 25.7 Å². The molecular formula is C15H20ClF3N4. The smallest absolute Gasteiger partial charge is 0.330 e. The highest BCUT2D eigenvalue weighted by Gasteiger charge is 2.31. The third kappa shape index (κ3) is 3.79. The van der Waals surface area contributed by atoms with Gasteiger partial charge in [0.25, 0.3) is 0 Å². The molecule has 1 N–H and O–H groups in total. The quantitative estimate of drug-likeness (QED) is 0.906. The molecule has 3 rings (SSSR count). The molecule has 1 aliphatic rings. The number of hydrogen-bond donors (Lipinski definition) is 1. The van der Waals surface area contributed by atoms with E-state index in [9.17, 15) is 13.2 Å². The molecule has 2 aromatic rings. The van der Waals surface area contributed by atoms with Gasteiger partial charge in [0, 0.05) is 32.7 Å². The summed E-state index contributed by atoms with van der Waals surface area (Å²) in [4.78, 5) is 6.68. The van der Waals surface area contributed by atoms with Gasteiger partial charge in [-0.15, -0.1) is 12.4 Å². The van der Waals surface area contributed by atoms with E-state index in [1.54, 1.807) is 0 Å². The summed E-state index contributed by atoms with van der Waals surface area (Å²) in [5, 5.41) is 3.37. The number of aryl methyl sites for hydroxylation is 1. The van der Waals surface area contributed by atoms with Gasteiger partial charge in [-0.3, -0.25) is 4.90 Å². The lowest BCUT2D eigenvalue weighted by Crippen LogP contribution is -2.48. The van der Waals surface area contributed by atoms with E-state index in [4.69, 9.17) is 0 Å². The molecule has 1 aliphatic heterocycles. The van der Waals surface area contributed by atoms with Crippen LogP contribution >= 0.6 is 12.4 Å². The minimum atomic E-state index is -4.33. The molecule has 0 bridgehead atoms. The van der Waals surface area contributed by atoms with Gasteiger partial charge in [-0.25, -0.2) is 4.98 Å². The SMILES string of the molecule is C[C@@H]1CN(Cc2nc3cc(C(F)(F)F)ccc3n2C)CCN1.Cl. The van der Waals surface area contributed by atoms with E-state index in [0.717, 1.165) is 43.1 Å². The van der Waals surface area contributed by atoms with Gasteiger partial charge in [-0.1, -0.05) is 0 Å². The Morgan fingerprint density at radius 2 is 2.09 bits per heavy atom. The minimum Gasteiger partial charge on any atom is -0.330 e. The minimum absolute atomic E-state index is 0. The molecule has 128 valence electrons. The standard InChI is InChI=1S/C15H19F3N4.ClH/c1-10-8-22(6-5-19-10)9-14-20-12-7-11(15(16,17)18)3-4-13(12)21(14)2;/h3-4,7,10,19H,5-6,8-9H2,1-2H3;1H/t10-;/m1./s1. The maximum absolute atomic E-state index is 12.8. The maximum Gasteiger partial charge on any atom is 0.416 e. The molecule has 2 heterocycles. The second kappa shape index (κ2) is 6.67. The number of hydrogen-bond acceptors (Lipinski definition) is 3. The van der Waals surface area contributed by atoms with Crippen molar-refractivity contribution in [1.29, 1.82) is 0 Å². The Morgan fingerprint density at radius 1 is 1.35 bits per heavy atom. The predicted octanol–water partition coefficient (Wildman–Crippen LogP) is 2.81. The van der Waals surface area contributed by atoms with Crippen molar-refractivity contribution in [2.24, 2.45) is 7.05 Å². The Bertz CT molecular complexity index is 683. The predicted molar refractivity (Wildman–Crippen MR) is 85.7 cm³/mol. The summed E-state index contributed by atoms with van der Waals surface area (Å²) in [6.45, 7) is 5.52. The van der Waals surface area contributed by atoms with Crippen LogP contribution in [0.3, 0.4) is 0 Å². The third-order valence-electron chi connectivity index (χ3n) is 4.12. The fourth-order valence-electron chi connectivity index (χ4n) is 2.92. The van der Waals surface area contributed by atoms with Crippen LogP contribution in [0.1, 0.15) is 18.3 Å². The van der Waals surface area contributed by atoms with Crippen molar-refractivity contribution in [3.63, 3.8) is 0 Å². The van der Waals surface area contributed by atoms with Gasteiger partial charge in [0.2, 0.25) is 0 Å². The molecule has 1 aromatic carbocycles. The van der Waals surface area contributed by atoms with Crippen molar-refractivity contribution in [1.82, 2.24) is 19.8 Å². The normalized spacial score (nSPS) is 19.8. The molecule has 23 heavy (non-hydrogen) atoms. The first-order valence-corrected chi connectivity index (χ1v) is 7.33. The summed E-state index contributed by atoms with van der Waals surface area (Å²) < 4.78 is 40.2. The lowest BCUT2D eigenvalue weighted by molar-refractivity contribution is -0.137. The molecule has 0 amide bonds. The number of rotatable bonds is 2. The molecule has 0 radical (unpaired) electrons. The van der Waals surface area contributed by atoms with Crippen molar-refractivity contribution in [3.05, 3.63) is 29.6 Å². The number of benzene rings is 1. The molecule has 0 aliphatic carbocycles. The van der Waals surface area contributed by atoms with Gasteiger partial charge in [0.1, 0.15) is 5.82 Å². The van der Waals surface area contributed by atoms with E-state index in [0.29, 0.717) is 18.1 Å². The Hall–Kier alpha value is -1.31. The largest absolute Gasteiger partial charge is 0.416 e. The van der Waals surface area contributed by atoms with E-state index in [-0.39, 0.29) is 12.4 Å². The second-order valence-electron chi connectivity index (χ2n) is 5.88. The Labute approximate surface area is 139 Å². The number of aromatic nitrogens is 2. The molecule has 1 aromatic heterocycles. The van der Waals surface area contributed by atoms with Crippen LogP contribution in [0.5, 0.6) is 0 Å². The number of nitrogens with zero attached hydrogens (tertiary/aromatic N) is 3. The van der Waals surface area contributed by atoms with Crippen LogP contribution in [0.2, 0.25) is 0 Å². The van der Waals surface area contributed by atoms with Crippen molar-refractivity contribution >= 4 is 23.4 Å². The first-order valence-electron chi connectivity index (χ1n) is 7.33. The van der Waals surface area contributed by atoms with Crippen LogP contribution in [0.15, 0.2) is 18.2 Å². The van der Waals surface area contributed by atoms with Crippen LogP contribution in [-0.4, -0.2) is 40.1 Å². The highest BCUT2D eigenvalue weighted by atomic mass is 35.5. The van der Waals surface area contributed by atoms with Crippen molar-refractivity contribution < 1.29 is 13.2 Å². The molecule has 1 saturated heterocycles. The summed E-state index contributed by atoms with van der Waals surface area (Å²) in [5.74, 6) is 0.795. The van der Waals surface area contributed by atoms with Crippen LogP contribution in [-0.2, 0) is 19.8 Å². The molecule has 0 unspecified atom stereocenters. The highest BCUT2D eigenvalue weighted by Crippen LogP contribution is 2.31. The van der Waals surface area contributed by atoms with E-state index in [1.807, 2.05) is 11.6 Å². The highest BCUT2D eigenvalue weighted by molar-refractivity contribution is 5.85. The average molecular weight is 349 g/mol. The fraction of sp³-hybridized carbons (Fsp3) is 0.533. The second-order valence-corrected chi connectivity index (χ2v) is 5.88. The Balaban J connectivity index is 0.00000192. The number of halogens is 4. The number of piperazine rings is 1. The monoisotopic (exact) mass is 348 g/mol. The fourth-order valence-corrected chi connectivity index (χ4v) is 2.92. The van der Waals surface area contributed by atoms with E-state index in [1.165, 1.54) is 6.07 Å². The maximum atomic E-state index is 12.8. The molecule has 8 heteroatoms. The zero-order chi connectivity index (χ0) is 15.9. The van der Waals surface area contributed by atoms with Crippen LogP contribution in [0.4, 0.5) is 13.2 Å². The summed E-state index contributed by atoms with van der Waals surface area (Å²) in [5.41, 5.74) is 0.474. The van der Waals surface area contributed by atoms with Gasteiger partial charge in [-0.2, -0.15) is 13.2 Å². The summed E-state index contributed by atoms with van der Waals surface area (Å²) in [7, 11) is 1.85. The lowest BCUT2D eigenvalue weighted by atomic mass is 10.2. The molecule has 4 nitrogen and oxygen atoms in total. The summed E-state index contributed by atoms with van der Waals surface area (Å²) >= 11 is 0. The average Bonchev–Trinajstić information content (AvgIpc) is 2.74. The van der Waals surface area contributed by atoms with Gasteiger partial charge in [0.15, 0.2) is 0 Å². The zero-order valence-corrected chi connectivity index (χ0v) is 13.8. The third-order valence-corrected chi connectivity index (χ3v) is 4.12. The van der Waals surface area contributed by atoms with Crippen molar-refractivity contribution in [2.75, 3.05) is 19.6 Å². The molecule has 1 fully saturated rings. The van der Waals surface area contributed by atoms with Crippen LogP contribution < -0.4 is 5.32 Å². The number of nitrogens with one attached hydrogen (secondary N) is 1. The number of imidazole rings is 1. The number of alkyl halides is 3. The Morgan fingerprint density at radius 3 is 2.74 bits per heavy atom. The topological polar surface area (TPSA) is 33.1 Å². The summed E-state index contributed by atoms with van der Waals surface area (Å²) in [6.07, 6.45) is -4.33. The van der Waals surface area contributed by atoms with Crippen LogP contribution in [0.25, 0.3) is 11.0 Å². The zero-order valence-electron chi connectivity index (χ0n) is 13.0. The van der Waals surface area contributed by atoms with Gasteiger partial charge in [0.05, 0.1) is 23.1 Å². The molecule has 1 atom stereocenters. The lowest BCUT2D eigenvalue weighted by Gasteiger charge is -2.31. The first kappa shape index (κ1) is 18.0. The van der Waals surface area contributed by atoms with Crippen LogP contribution in [0, 0.1) is 0 Å². The van der Waals surface area contributed by atoms with E-state index >= 15 is 0 Å². The van der Waals surface area contributed by atoms with Gasteiger partial charge < -0.3 is 9.88 Å². The Kier molecular flexibility index (Phi) is 5.23. The molecular weight excluding hydrogens is 329 g/mol. The first-order chi connectivity index (χ1) is 10.3. The number of fused-ring (bicyclic) bond motifs is 1. The molecule has 0 spiro atoms. The summed E-state index contributed by atoms with van der Waals surface area (Å²) in [6, 6.07) is 4.15. The van der Waals surface area contributed by atoms with Crippen molar-refractivity contribution in [3.8, 4) is 0 Å². The van der Waals surface area contributed by atoms with Gasteiger partial charge in [-0.05, 0) is 25.1 Å². The van der Waals surface area contributed by atoms with Gasteiger partial charge >= 0.3 is 6.18 Å². The molecule has 0 saturated carbocycles.